The average molecular weight is 865 g/mol. The summed E-state index contributed by atoms with van der Waals surface area (Å²) in [6.45, 7) is 0. The predicted molar refractivity (Wildman–Crippen MR) is 178 cm³/mol. The number of benzene rings is 5. The van der Waals surface area contributed by atoms with E-state index in [2.05, 4.69) is 0 Å². The molecule has 21 nitrogen and oxygen atoms in total. The van der Waals surface area contributed by atoms with Crippen molar-refractivity contribution >= 4 is 48.4 Å². The van der Waals surface area contributed by atoms with Crippen LogP contribution in [-0.2, 0) is 30.0 Å². The number of carbonyl (C=O) groups excluding carboxylic acids is 1. The van der Waals surface area contributed by atoms with Crippen LogP contribution in [0.3, 0.4) is 0 Å². The number of hydrogen-bond acceptors (Lipinski definition) is 17. The first kappa shape index (κ1) is 39.4. The molecule has 0 bridgehead atoms. The van der Waals surface area contributed by atoms with Crippen molar-refractivity contribution in [3.05, 3.63) is 147 Å². The van der Waals surface area contributed by atoms with Crippen LogP contribution in [-0.4, -0.2) is 52.7 Å². The Balaban J connectivity index is 1.79. The second-order valence-electron chi connectivity index (χ2n) is 12.1. The van der Waals surface area contributed by atoms with Gasteiger partial charge in [-0.15, -0.1) is 0 Å². The summed E-state index contributed by atoms with van der Waals surface area (Å²) >= 11 is 0. The van der Waals surface area contributed by atoms with E-state index in [9.17, 15) is 63.9 Å². The van der Waals surface area contributed by atoms with Gasteiger partial charge in [-0.1, -0.05) is 18.2 Å². The van der Waals surface area contributed by atoms with Gasteiger partial charge in [0.2, 0.25) is 42.7 Å². The van der Waals surface area contributed by atoms with Gasteiger partial charge in [-0.25, -0.2) is 26.0 Å². The molecule has 5 aromatic rings. The fourth-order valence-electron chi connectivity index (χ4n) is 6.61. The number of carbonyl (C=O) groups is 1. The van der Waals surface area contributed by atoms with Crippen molar-refractivity contribution in [2.24, 2.45) is 0 Å². The van der Waals surface area contributed by atoms with Crippen molar-refractivity contribution < 1.29 is 78.6 Å². The second-order valence-corrected chi connectivity index (χ2v) is 15.8. The van der Waals surface area contributed by atoms with E-state index in [0.29, 0.717) is 12.1 Å². The quantitative estimate of drug-likeness (QED) is 0.0484. The Morgan fingerprint density at radius 2 is 1.07 bits per heavy atom. The predicted octanol–water partition coefficient (Wildman–Crippen LogP) is 5.52. The Hall–Kier alpha value is -7.81. The number of nitro groups is 4. The zero-order valence-electron chi connectivity index (χ0n) is 27.9. The van der Waals surface area contributed by atoms with Gasteiger partial charge in [0, 0.05) is 17.7 Å². The van der Waals surface area contributed by atoms with E-state index in [-0.39, 0.29) is 24.3 Å². The number of phenols is 2. The number of halogens is 4. The van der Waals surface area contributed by atoms with Crippen molar-refractivity contribution in [3.8, 4) is 23.0 Å². The van der Waals surface area contributed by atoms with Gasteiger partial charge in [0.15, 0.2) is 28.8 Å². The number of phenolic OH excluding ortho intramolecular Hbond substituents is 2. The lowest BCUT2D eigenvalue weighted by atomic mass is 9.77. The van der Waals surface area contributed by atoms with Gasteiger partial charge in [0.1, 0.15) is 19.6 Å². The number of rotatable bonds is 8. The van der Waals surface area contributed by atoms with Crippen molar-refractivity contribution in [1.82, 2.24) is 0 Å². The third kappa shape index (κ3) is 5.31. The Morgan fingerprint density at radius 1 is 0.593 bits per heavy atom. The van der Waals surface area contributed by atoms with Crippen molar-refractivity contribution in [2.45, 2.75) is 25.2 Å². The summed E-state index contributed by atoms with van der Waals surface area (Å²) in [7, 11) is -12.8. The maximum absolute atomic E-state index is 16.8. The molecule has 0 saturated heterocycles. The van der Waals surface area contributed by atoms with Gasteiger partial charge in [-0.3, -0.25) is 40.5 Å². The van der Waals surface area contributed by atoms with E-state index in [4.69, 9.17) is 9.47 Å². The van der Waals surface area contributed by atoms with Gasteiger partial charge in [-0.05, 0) is 18.2 Å². The lowest BCUT2D eigenvalue weighted by Gasteiger charge is -2.38. The zero-order chi connectivity index (χ0) is 43.4. The van der Waals surface area contributed by atoms with Crippen LogP contribution in [0.25, 0.3) is 0 Å². The number of aromatic hydroxyl groups is 2. The standard InChI is InChI=1S/C32H12F4N4O17S2/c33-21-19-27(23(35)25(41)22(21)34)56-28-20(32(19)14-4-2-1-3-13(14)31(43)57-32)29(58(52,53)17-7-5-11(37(44)45)9-15(17)39(48)49)30(26(42)24(28)36)59(54,55)18-8-6-12(38(46)47)10-16(18)40(50)51/h1-10,41-42H. The van der Waals surface area contributed by atoms with Crippen LogP contribution in [0.2, 0.25) is 0 Å². The number of nitrogens with zero attached hydrogens (tertiary/aromatic N) is 4. The van der Waals surface area contributed by atoms with E-state index in [1.54, 1.807) is 0 Å². The lowest BCUT2D eigenvalue weighted by Crippen LogP contribution is -2.38. The van der Waals surface area contributed by atoms with Crippen LogP contribution in [0.1, 0.15) is 27.0 Å². The molecule has 302 valence electrons. The molecule has 2 aliphatic heterocycles. The highest BCUT2D eigenvalue weighted by Crippen LogP contribution is 2.63. The molecule has 59 heavy (non-hydrogen) atoms. The highest BCUT2D eigenvalue weighted by Gasteiger charge is 2.61. The van der Waals surface area contributed by atoms with Gasteiger partial charge in [0.05, 0.1) is 48.5 Å². The normalized spacial score (nSPS) is 15.4. The average Bonchev–Trinajstić information content (AvgIpc) is 3.47. The number of sulfone groups is 2. The molecule has 5 aromatic carbocycles. The molecular weight excluding hydrogens is 852 g/mol. The van der Waals surface area contributed by atoms with Gasteiger partial charge in [0.25, 0.3) is 22.7 Å². The smallest absolute Gasteiger partial charge is 0.340 e. The van der Waals surface area contributed by atoms with E-state index < -0.39 is 162 Å². The number of fused-ring (bicyclic) bond motifs is 6. The highest BCUT2D eigenvalue weighted by atomic mass is 32.2. The first-order valence-electron chi connectivity index (χ1n) is 15.4. The number of hydrogen-bond donors (Lipinski definition) is 2. The first-order chi connectivity index (χ1) is 27.5. The summed E-state index contributed by atoms with van der Waals surface area (Å²) in [6, 6.07) is 4.78. The fraction of sp³-hybridized carbons (Fsp3) is 0.0312. The third-order valence-corrected chi connectivity index (χ3v) is 12.9. The molecule has 2 aliphatic rings. The number of esters is 1. The molecule has 0 radical (unpaired) electrons. The Kier molecular flexibility index (Phi) is 8.59. The molecule has 0 amide bonds. The summed E-state index contributed by atoms with van der Waals surface area (Å²) in [6.07, 6.45) is 0. The van der Waals surface area contributed by atoms with E-state index in [1.807, 2.05) is 0 Å². The molecule has 1 atom stereocenters. The van der Waals surface area contributed by atoms with Crippen LogP contribution in [0, 0.1) is 63.7 Å². The van der Waals surface area contributed by atoms with Crippen LogP contribution >= 0.6 is 0 Å². The monoisotopic (exact) mass is 864 g/mol. The molecule has 0 aliphatic carbocycles. The summed E-state index contributed by atoms with van der Waals surface area (Å²) in [4.78, 5) is 47.2. The SMILES string of the molecule is O=C1OC2(c3ccccc31)c1c(F)c(F)c(O)c(F)c1Oc1c(F)c(O)c(S(=O)(=O)c3ccc([N+](=O)[O-])cc3[N+](=O)[O-])c(S(=O)(=O)c3ccc([N+](=O)[O-])cc3[N+](=O)[O-])c12. The molecule has 1 unspecified atom stereocenters. The number of nitro benzene ring substituents is 4. The number of ether oxygens (including phenoxy) is 2. The second kappa shape index (κ2) is 12.9. The minimum Gasteiger partial charge on any atom is -0.504 e. The molecule has 27 heteroatoms. The third-order valence-electron chi connectivity index (χ3n) is 9.03. The Labute approximate surface area is 321 Å². The summed E-state index contributed by atoms with van der Waals surface area (Å²) < 4.78 is 134. The Morgan fingerprint density at radius 3 is 1.58 bits per heavy atom. The van der Waals surface area contributed by atoms with Crippen molar-refractivity contribution in [1.29, 1.82) is 0 Å². The van der Waals surface area contributed by atoms with Gasteiger partial charge >= 0.3 is 5.97 Å². The molecular formula is C32H12F4N4O17S2. The minimum absolute atomic E-state index is 0.0390. The maximum atomic E-state index is 16.8. The molecule has 0 aromatic heterocycles. The maximum Gasteiger partial charge on any atom is 0.340 e. The highest BCUT2D eigenvalue weighted by molar-refractivity contribution is 7.94. The van der Waals surface area contributed by atoms with Crippen molar-refractivity contribution in [3.63, 3.8) is 0 Å². The van der Waals surface area contributed by atoms with Crippen LogP contribution in [0.4, 0.5) is 40.3 Å². The van der Waals surface area contributed by atoms with E-state index in [0.717, 1.165) is 24.3 Å². The molecule has 0 saturated carbocycles. The van der Waals surface area contributed by atoms with E-state index >= 15 is 26.0 Å². The summed E-state index contributed by atoms with van der Waals surface area (Å²) in [5.41, 5.74) is -14.7. The lowest BCUT2D eigenvalue weighted by molar-refractivity contribution is -0.396. The molecule has 1 spiro atoms. The van der Waals surface area contributed by atoms with Crippen LogP contribution in [0.5, 0.6) is 23.0 Å². The molecule has 7 rings (SSSR count). The topological polar surface area (TPSA) is 317 Å². The molecule has 2 heterocycles. The summed E-state index contributed by atoms with van der Waals surface area (Å²) in [5.74, 6) is -19.5. The Bertz CT molecular complexity index is 3110. The van der Waals surface area contributed by atoms with Crippen LogP contribution < -0.4 is 4.74 Å². The fourth-order valence-corrected chi connectivity index (χ4v) is 10.6. The molecule has 2 N–H and O–H groups in total. The first-order valence-corrected chi connectivity index (χ1v) is 18.3. The van der Waals surface area contributed by atoms with E-state index in [1.165, 1.54) is 0 Å². The van der Waals surface area contributed by atoms with Crippen molar-refractivity contribution in [2.75, 3.05) is 0 Å². The largest absolute Gasteiger partial charge is 0.504 e. The zero-order valence-corrected chi connectivity index (χ0v) is 29.5. The molecule has 0 fully saturated rings. The number of non-ortho nitro benzene ring substituents is 2. The minimum atomic E-state index is -6.42. The van der Waals surface area contributed by atoms with Crippen LogP contribution in [0.15, 0.2) is 80.2 Å². The van der Waals surface area contributed by atoms with Gasteiger partial charge < -0.3 is 19.7 Å². The van der Waals surface area contributed by atoms with Gasteiger partial charge in [-0.2, -0.15) is 13.2 Å². The summed E-state index contributed by atoms with van der Waals surface area (Å²) in [5, 5.41) is 68.8.